The van der Waals surface area contributed by atoms with Crippen molar-refractivity contribution in [3.05, 3.63) is 18.7 Å². The Kier molecular flexibility index (Phi) is 2.02. The Morgan fingerprint density at radius 1 is 1.67 bits per heavy atom. The van der Waals surface area contributed by atoms with E-state index in [1.54, 1.807) is 7.11 Å². The molecule has 0 fully saturated rings. The summed E-state index contributed by atoms with van der Waals surface area (Å²) in [6.07, 6.45) is 5.93. The lowest BCUT2D eigenvalue weighted by atomic mass is 10.9. The Labute approximate surface area is 56.9 Å². The number of hydrogen-bond donors (Lipinski definition) is 0. The van der Waals surface area contributed by atoms with Gasteiger partial charge in [0, 0.05) is 7.11 Å². The SMILES string of the molecule is CO[Si]n1cc[n+](C)c1. The lowest BCUT2D eigenvalue weighted by Gasteiger charge is -1.84. The number of hydrogen-bond acceptors (Lipinski definition) is 1. The second-order valence-corrected chi connectivity index (χ2v) is 2.89. The number of rotatable bonds is 2. The number of imidazole rings is 1. The molecule has 0 atom stereocenters. The quantitative estimate of drug-likeness (QED) is 0.395. The topological polar surface area (TPSA) is 18.0 Å². The minimum absolute atomic E-state index is 0.404. The van der Waals surface area contributed by atoms with Gasteiger partial charge < -0.3 is 4.43 Å². The van der Waals surface area contributed by atoms with E-state index in [1.165, 1.54) is 0 Å². The second-order valence-electron chi connectivity index (χ2n) is 1.78. The van der Waals surface area contributed by atoms with Crippen LogP contribution in [-0.2, 0) is 11.5 Å². The Balaban J connectivity index is 2.61. The maximum absolute atomic E-state index is 4.92. The summed E-state index contributed by atoms with van der Waals surface area (Å²) >= 11 is 0. The minimum atomic E-state index is 0.404. The van der Waals surface area contributed by atoms with Crippen molar-refractivity contribution in [1.82, 2.24) is 4.23 Å². The summed E-state index contributed by atoms with van der Waals surface area (Å²) in [6, 6.07) is 0. The lowest BCUT2D eigenvalue weighted by Crippen LogP contribution is -2.24. The zero-order valence-electron chi connectivity index (χ0n) is 5.53. The predicted octanol–water partition coefficient (Wildman–Crippen LogP) is -0.659. The molecule has 2 radical (unpaired) electrons. The third-order valence-corrected chi connectivity index (χ3v) is 1.62. The van der Waals surface area contributed by atoms with Crippen LogP contribution in [0.4, 0.5) is 0 Å². The summed E-state index contributed by atoms with van der Waals surface area (Å²) in [7, 11) is 4.08. The maximum Gasteiger partial charge on any atom is 0.546 e. The number of aryl methyl sites for hydroxylation is 1. The van der Waals surface area contributed by atoms with Crippen LogP contribution in [0.3, 0.4) is 0 Å². The molecule has 0 saturated carbocycles. The predicted molar refractivity (Wildman–Crippen MR) is 33.8 cm³/mol. The lowest BCUT2D eigenvalue weighted by molar-refractivity contribution is -0.670. The molecule has 1 aromatic rings. The third kappa shape index (κ3) is 1.65. The van der Waals surface area contributed by atoms with Crippen molar-refractivity contribution >= 4 is 9.92 Å². The molecule has 0 N–H and O–H groups in total. The molecule has 0 unspecified atom stereocenters. The van der Waals surface area contributed by atoms with Gasteiger partial charge in [-0.1, -0.05) is 0 Å². The van der Waals surface area contributed by atoms with Crippen LogP contribution in [0.5, 0.6) is 0 Å². The van der Waals surface area contributed by atoms with Crippen LogP contribution in [-0.4, -0.2) is 21.3 Å². The van der Waals surface area contributed by atoms with Gasteiger partial charge in [-0.3, -0.25) is 4.23 Å². The molecule has 0 saturated heterocycles. The summed E-state index contributed by atoms with van der Waals surface area (Å²) in [5.41, 5.74) is 0. The standard InChI is InChI=1S/C5H9N2OSi/c1-6-3-4-7(5-6)9-8-2/h3-5H,1-2H3/q+1. The van der Waals surface area contributed by atoms with Crippen molar-refractivity contribution in [2.24, 2.45) is 7.05 Å². The fourth-order valence-electron chi connectivity index (χ4n) is 0.610. The van der Waals surface area contributed by atoms with Crippen LogP contribution in [0.2, 0.25) is 0 Å². The highest BCUT2D eigenvalue weighted by Gasteiger charge is 2.00. The molecule has 0 bridgehead atoms. The van der Waals surface area contributed by atoms with E-state index in [-0.39, 0.29) is 0 Å². The maximum atomic E-state index is 4.92. The molecule has 9 heavy (non-hydrogen) atoms. The zero-order valence-corrected chi connectivity index (χ0v) is 6.53. The van der Waals surface area contributed by atoms with Crippen LogP contribution >= 0.6 is 0 Å². The highest BCUT2D eigenvalue weighted by atomic mass is 28.2. The summed E-state index contributed by atoms with van der Waals surface area (Å²) < 4.78 is 8.88. The number of aromatic nitrogens is 2. The molecular formula is C5H9N2OSi+. The molecule has 0 aromatic carbocycles. The van der Waals surface area contributed by atoms with E-state index >= 15 is 0 Å². The summed E-state index contributed by atoms with van der Waals surface area (Å²) in [4.78, 5) is 0. The van der Waals surface area contributed by atoms with E-state index in [0.717, 1.165) is 0 Å². The van der Waals surface area contributed by atoms with Crippen LogP contribution in [0.1, 0.15) is 0 Å². The highest BCUT2D eigenvalue weighted by molar-refractivity contribution is 6.24. The van der Waals surface area contributed by atoms with Crippen molar-refractivity contribution in [3.8, 4) is 0 Å². The molecule has 0 amide bonds. The van der Waals surface area contributed by atoms with Crippen molar-refractivity contribution in [2.75, 3.05) is 7.11 Å². The normalized spacial score (nSPS) is 10.0. The largest absolute Gasteiger partial charge is 0.546 e. The van der Waals surface area contributed by atoms with Gasteiger partial charge in [0.05, 0.1) is 7.05 Å². The number of nitrogens with zero attached hydrogens (tertiary/aromatic N) is 2. The van der Waals surface area contributed by atoms with Crippen LogP contribution in [0.25, 0.3) is 0 Å². The molecule has 0 spiro atoms. The van der Waals surface area contributed by atoms with Gasteiger partial charge in [0.2, 0.25) is 6.33 Å². The van der Waals surface area contributed by atoms with E-state index < -0.39 is 0 Å². The van der Waals surface area contributed by atoms with E-state index in [0.29, 0.717) is 9.92 Å². The summed E-state index contributed by atoms with van der Waals surface area (Å²) in [5.74, 6) is 0. The molecule has 3 nitrogen and oxygen atoms in total. The molecule has 1 aromatic heterocycles. The first-order valence-corrected chi connectivity index (χ1v) is 3.50. The van der Waals surface area contributed by atoms with Crippen molar-refractivity contribution in [2.45, 2.75) is 0 Å². The molecule has 0 aliphatic rings. The van der Waals surface area contributed by atoms with E-state index in [1.807, 2.05) is 34.6 Å². The third-order valence-electron chi connectivity index (χ3n) is 0.966. The smallest absolute Gasteiger partial charge is 0.381 e. The first kappa shape index (κ1) is 6.51. The Bertz CT molecular complexity index is 187. The van der Waals surface area contributed by atoms with Gasteiger partial charge >= 0.3 is 9.92 Å². The molecule has 0 aliphatic heterocycles. The van der Waals surface area contributed by atoms with E-state index in [9.17, 15) is 0 Å². The summed E-state index contributed by atoms with van der Waals surface area (Å²) in [6.45, 7) is 0. The van der Waals surface area contributed by atoms with E-state index in [4.69, 9.17) is 4.43 Å². The van der Waals surface area contributed by atoms with Crippen LogP contribution in [0.15, 0.2) is 18.7 Å². The zero-order chi connectivity index (χ0) is 6.69. The monoisotopic (exact) mass is 141 g/mol. The average molecular weight is 141 g/mol. The van der Waals surface area contributed by atoms with Gasteiger partial charge in [0.1, 0.15) is 12.4 Å². The van der Waals surface area contributed by atoms with E-state index in [2.05, 4.69) is 0 Å². The fraction of sp³-hybridized carbons (Fsp3) is 0.400. The molecule has 1 rings (SSSR count). The van der Waals surface area contributed by atoms with Gasteiger partial charge in [0.25, 0.3) is 0 Å². The average Bonchev–Trinajstić information content (AvgIpc) is 2.17. The first-order valence-electron chi connectivity index (χ1n) is 2.65. The van der Waals surface area contributed by atoms with Gasteiger partial charge in [0.15, 0.2) is 0 Å². The Morgan fingerprint density at radius 3 is 2.89 bits per heavy atom. The van der Waals surface area contributed by atoms with Gasteiger partial charge in [-0.25, -0.2) is 4.57 Å². The van der Waals surface area contributed by atoms with Crippen molar-refractivity contribution < 1.29 is 8.99 Å². The molecule has 48 valence electrons. The van der Waals surface area contributed by atoms with Crippen LogP contribution in [0, 0.1) is 0 Å². The Morgan fingerprint density at radius 2 is 2.44 bits per heavy atom. The van der Waals surface area contributed by atoms with Crippen LogP contribution < -0.4 is 4.57 Å². The molecule has 1 heterocycles. The van der Waals surface area contributed by atoms with Gasteiger partial charge in [-0.2, -0.15) is 0 Å². The first-order chi connectivity index (χ1) is 4.33. The molecule has 4 heteroatoms. The molecular weight excluding hydrogens is 132 g/mol. The van der Waals surface area contributed by atoms with Crippen molar-refractivity contribution in [1.29, 1.82) is 0 Å². The van der Waals surface area contributed by atoms with Gasteiger partial charge in [-0.15, -0.1) is 0 Å². The van der Waals surface area contributed by atoms with Gasteiger partial charge in [-0.05, 0) is 0 Å². The summed E-state index contributed by atoms with van der Waals surface area (Å²) in [5, 5.41) is 0. The van der Waals surface area contributed by atoms with Crippen molar-refractivity contribution in [3.63, 3.8) is 0 Å². The minimum Gasteiger partial charge on any atom is -0.381 e. The second kappa shape index (κ2) is 2.79. The molecule has 0 aliphatic carbocycles. The Hall–Kier alpha value is -0.613. The highest BCUT2D eigenvalue weighted by Crippen LogP contribution is 1.76. The fourth-order valence-corrected chi connectivity index (χ4v) is 1.18.